The van der Waals surface area contributed by atoms with Crippen molar-refractivity contribution in [1.29, 1.82) is 0 Å². The molecule has 8 nitrogen and oxygen atoms in total. The molecule has 0 aliphatic rings. The third-order valence-corrected chi connectivity index (χ3v) is 6.74. The fourth-order valence-electron chi connectivity index (χ4n) is 4.51. The van der Waals surface area contributed by atoms with Crippen molar-refractivity contribution < 1.29 is 19.1 Å². The van der Waals surface area contributed by atoms with Gasteiger partial charge in [0, 0.05) is 42.3 Å². The second-order valence-corrected chi connectivity index (χ2v) is 9.63. The minimum atomic E-state index is -0.377. The van der Waals surface area contributed by atoms with E-state index in [1.54, 1.807) is 25.3 Å². The number of carbonyl (C=O) groups is 2. The van der Waals surface area contributed by atoms with Crippen LogP contribution < -0.4 is 14.8 Å². The topological polar surface area (TPSA) is 86.9 Å². The van der Waals surface area contributed by atoms with Gasteiger partial charge in [-0.05, 0) is 49.6 Å². The van der Waals surface area contributed by atoms with Crippen LogP contribution in [0.2, 0.25) is 0 Å². The van der Waals surface area contributed by atoms with Crippen molar-refractivity contribution in [2.45, 2.75) is 32.9 Å². The molecular formula is C31H36N4O4. The number of carbonyl (C=O) groups excluding carboxylic acids is 2. The summed E-state index contributed by atoms with van der Waals surface area (Å²) in [4.78, 5) is 33.7. The van der Waals surface area contributed by atoms with Crippen molar-refractivity contribution in [3.63, 3.8) is 0 Å². The van der Waals surface area contributed by atoms with Gasteiger partial charge in [0.15, 0.2) is 0 Å². The van der Waals surface area contributed by atoms with E-state index in [0.717, 1.165) is 22.0 Å². The number of hydrogen-bond acceptors (Lipinski definition) is 4. The van der Waals surface area contributed by atoms with Gasteiger partial charge in [-0.15, -0.1) is 0 Å². The summed E-state index contributed by atoms with van der Waals surface area (Å²) in [5, 5.41) is 4.05. The van der Waals surface area contributed by atoms with Gasteiger partial charge in [0.1, 0.15) is 18.0 Å². The maximum absolute atomic E-state index is 13.7. The van der Waals surface area contributed by atoms with Crippen LogP contribution in [0.3, 0.4) is 0 Å². The van der Waals surface area contributed by atoms with Crippen LogP contribution in [0.4, 0.5) is 10.5 Å². The summed E-state index contributed by atoms with van der Waals surface area (Å²) in [6.45, 7) is 4.72. The molecule has 0 aliphatic heterocycles. The molecule has 0 atom stereocenters. The number of H-pyrrole nitrogens is 1. The van der Waals surface area contributed by atoms with Gasteiger partial charge < -0.3 is 29.6 Å². The molecule has 204 valence electrons. The van der Waals surface area contributed by atoms with Gasteiger partial charge in [-0.3, -0.25) is 4.79 Å². The average Bonchev–Trinajstić information content (AvgIpc) is 3.37. The highest BCUT2D eigenvalue weighted by atomic mass is 16.5. The van der Waals surface area contributed by atoms with Gasteiger partial charge in [-0.2, -0.15) is 0 Å². The van der Waals surface area contributed by atoms with Crippen LogP contribution in [0.5, 0.6) is 11.5 Å². The largest absolute Gasteiger partial charge is 0.497 e. The minimum Gasteiger partial charge on any atom is -0.497 e. The van der Waals surface area contributed by atoms with Gasteiger partial charge in [0.2, 0.25) is 5.91 Å². The highest BCUT2D eigenvalue weighted by molar-refractivity contribution is 5.94. The first-order chi connectivity index (χ1) is 18.9. The lowest BCUT2D eigenvalue weighted by Crippen LogP contribution is -2.47. The number of anilines is 1. The van der Waals surface area contributed by atoms with E-state index in [0.29, 0.717) is 36.7 Å². The number of aromatic amines is 1. The van der Waals surface area contributed by atoms with Crippen molar-refractivity contribution in [1.82, 2.24) is 14.8 Å². The second kappa shape index (κ2) is 12.9. The second-order valence-electron chi connectivity index (χ2n) is 9.63. The van der Waals surface area contributed by atoms with Gasteiger partial charge in [0.05, 0.1) is 19.9 Å². The molecule has 1 aromatic heterocycles. The van der Waals surface area contributed by atoms with E-state index in [4.69, 9.17) is 9.47 Å². The molecule has 2 N–H and O–H groups in total. The molecule has 0 spiro atoms. The summed E-state index contributed by atoms with van der Waals surface area (Å²) in [5.41, 5.74) is 3.77. The number of aromatic nitrogens is 1. The molecule has 4 rings (SSSR count). The molecule has 0 saturated heterocycles. The predicted octanol–water partition coefficient (Wildman–Crippen LogP) is 5.70. The normalized spacial score (nSPS) is 10.9. The lowest BCUT2D eigenvalue weighted by atomic mass is 10.1. The van der Waals surface area contributed by atoms with Gasteiger partial charge in [0.25, 0.3) is 0 Å². The van der Waals surface area contributed by atoms with Crippen LogP contribution in [0.15, 0.2) is 79.0 Å². The van der Waals surface area contributed by atoms with Crippen molar-refractivity contribution in [2.75, 3.05) is 32.6 Å². The Kier molecular flexibility index (Phi) is 9.10. The fraction of sp³-hybridized carbons (Fsp3) is 0.290. The number of para-hydroxylation sites is 1. The number of amides is 3. The quantitative estimate of drug-likeness (QED) is 0.262. The van der Waals surface area contributed by atoms with Crippen molar-refractivity contribution in [2.24, 2.45) is 0 Å². The summed E-state index contributed by atoms with van der Waals surface area (Å²) < 4.78 is 10.7. The Bertz CT molecular complexity index is 1400. The summed E-state index contributed by atoms with van der Waals surface area (Å²) in [6.07, 6.45) is 2.70. The Morgan fingerprint density at radius 2 is 1.69 bits per heavy atom. The summed E-state index contributed by atoms with van der Waals surface area (Å²) >= 11 is 0. The maximum Gasteiger partial charge on any atom is 0.322 e. The number of nitrogens with one attached hydrogen (secondary N) is 2. The molecule has 39 heavy (non-hydrogen) atoms. The SMILES string of the molecule is COc1ccc(NC(=O)N(CC(=O)N(CCc2c[nH]c3ccccc23)Cc2ccccc2)C(C)C)c(OC)c1. The third kappa shape index (κ3) is 6.90. The molecule has 3 amide bonds. The number of hydrogen-bond donors (Lipinski definition) is 2. The summed E-state index contributed by atoms with van der Waals surface area (Å²) in [6, 6.07) is 22.6. The van der Waals surface area contributed by atoms with E-state index < -0.39 is 0 Å². The zero-order valence-corrected chi connectivity index (χ0v) is 22.9. The number of fused-ring (bicyclic) bond motifs is 1. The van der Waals surface area contributed by atoms with Crippen LogP contribution in [-0.2, 0) is 17.8 Å². The lowest BCUT2D eigenvalue weighted by Gasteiger charge is -2.30. The summed E-state index contributed by atoms with van der Waals surface area (Å²) in [7, 11) is 3.10. The first-order valence-corrected chi connectivity index (χ1v) is 13.1. The molecule has 0 bridgehead atoms. The molecule has 1 heterocycles. The number of rotatable bonds is 11. The van der Waals surface area contributed by atoms with Crippen LogP contribution in [0.25, 0.3) is 10.9 Å². The van der Waals surface area contributed by atoms with E-state index in [-0.39, 0.29) is 24.5 Å². The smallest absolute Gasteiger partial charge is 0.322 e. The lowest BCUT2D eigenvalue weighted by molar-refractivity contribution is -0.132. The first-order valence-electron chi connectivity index (χ1n) is 13.1. The third-order valence-electron chi connectivity index (χ3n) is 6.74. The summed E-state index contributed by atoms with van der Waals surface area (Å²) in [5.74, 6) is 0.971. The fourth-order valence-corrected chi connectivity index (χ4v) is 4.51. The molecule has 0 aliphatic carbocycles. The predicted molar refractivity (Wildman–Crippen MR) is 154 cm³/mol. The zero-order valence-electron chi connectivity index (χ0n) is 22.9. The molecule has 8 heteroatoms. The number of benzene rings is 3. The Labute approximate surface area is 229 Å². The Balaban J connectivity index is 1.50. The number of urea groups is 1. The van der Waals surface area contributed by atoms with Crippen LogP contribution >= 0.6 is 0 Å². The molecule has 3 aromatic carbocycles. The molecule has 4 aromatic rings. The van der Waals surface area contributed by atoms with Gasteiger partial charge >= 0.3 is 6.03 Å². The molecule has 0 fully saturated rings. The highest BCUT2D eigenvalue weighted by Gasteiger charge is 2.25. The number of ether oxygens (including phenoxy) is 2. The van der Waals surface area contributed by atoms with E-state index >= 15 is 0 Å². The maximum atomic E-state index is 13.7. The van der Waals surface area contributed by atoms with Gasteiger partial charge in [-0.25, -0.2) is 4.79 Å². The van der Waals surface area contributed by atoms with Crippen LogP contribution in [0.1, 0.15) is 25.0 Å². The first kappa shape index (κ1) is 27.6. The van der Waals surface area contributed by atoms with E-state index in [1.807, 2.05) is 73.5 Å². The number of methoxy groups -OCH3 is 2. The number of nitrogens with zero attached hydrogens (tertiary/aromatic N) is 2. The Morgan fingerprint density at radius 1 is 0.949 bits per heavy atom. The van der Waals surface area contributed by atoms with Crippen molar-refractivity contribution >= 4 is 28.5 Å². The van der Waals surface area contributed by atoms with Crippen LogP contribution in [-0.4, -0.2) is 60.1 Å². The van der Waals surface area contributed by atoms with Crippen molar-refractivity contribution in [3.05, 3.63) is 90.1 Å². The molecule has 0 unspecified atom stereocenters. The Hall–Kier alpha value is -4.46. The van der Waals surface area contributed by atoms with Gasteiger partial charge in [-0.1, -0.05) is 48.5 Å². The Morgan fingerprint density at radius 3 is 2.41 bits per heavy atom. The average molecular weight is 529 g/mol. The van der Waals surface area contributed by atoms with E-state index in [9.17, 15) is 9.59 Å². The van der Waals surface area contributed by atoms with E-state index in [1.165, 1.54) is 12.0 Å². The minimum absolute atomic E-state index is 0.0529. The molecule has 0 saturated carbocycles. The van der Waals surface area contributed by atoms with Crippen LogP contribution in [0, 0.1) is 0 Å². The zero-order chi connectivity index (χ0) is 27.8. The van der Waals surface area contributed by atoms with E-state index in [2.05, 4.69) is 16.4 Å². The molecular weight excluding hydrogens is 492 g/mol. The standard InChI is InChI=1S/C31H36N4O4/c1-22(2)35(31(37)33-28-15-14-25(38-3)18-29(28)39-4)21-30(36)34(20-23-10-6-5-7-11-23)17-16-24-19-32-27-13-9-8-12-26(24)27/h5-15,18-19,22,32H,16-17,20-21H2,1-4H3,(H,33,37). The highest BCUT2D eigenvalue weighted by Crippen LogP contribution is 2.29. The van der Waals surface area contributed by atoms with Crippen molar-refractivity contribution in [3.8, 4) is 11.5 Å². The monoisotopic (exact) mass is 528 g/mol. The molecule has 0 radical (unpaired) electrons.